The molecule has 18 heavy (non-hydrogen) atoms. The van der Waals surface area contributed by atoms with Crippen LogP contribution >= 0.6 is 0 Å². The molecule has 1 aromatic carbocycles. The summed E-state index contributed by atoms with van der Waals surface area (Å²) in [6, 6.07) is 9.46. The second kappa shape index (κ2) is 7.84. The van der Waals surface area contributed by atoms with Crippen molar-refractivity contribution >= 4 is 17.9 Å². The molecule has 0 saturated carbocycles. The van der Waals surface area contributed by atoms with Gasteiger partial charge in [0.15, 0.2) is 0 Å². The molecule has 0 fully saturated rings. The van der Waals surface area contributed by atoms with Crippen LogP contribution in [0, 0.1) is 0 Å². The van der Waals surface area contributed by atoms with Crippen molar-refractivity contribution in [2.24, 2.45) is 0 Å². The van der Waals surface area contributed by atoms with E-state index in [1.165, 1.54) is 6.08 Å². The fourth-order valence-electron chi connectivity index (χ4n) is 1.21. The van der Waals surface area contributed by atoms with Gasteiger partial charge in [0.25, 0.3) is 0 Å². The maximum absolute atomic E-state index is 11.4. The third kappa shape index (κ3) is 5.65. The average molecular weight is 244 g/mol. The lowest BCUT2D eigenvalue weighted by Gasteiger charge is -2.02. The van der Waals surface area contributed by atoms with E-state index in [2.05, 4.69) is 17.2 Å². The van der Waals surface area contributed by atoms with Gasteiger partial charge in [0.1, 0.15) is 0 Å². The lowest BCUT2D eigenvalue weighted by molar-refractivity contribution is -0.123. The molecule has 94 valence electrons. The van der Waals surface area contributed by atoms with Gasteiger partial charge >= 0.3 is 0 Å². The largest absolute Gasteiger partial charge is 0.351 e. The van der Waals surface area contributed by atoms with Gasteiger partial charge in [-0.25, -0.2) is 0 Å². The summed E-state index contributed by atoms with van der Waals surface area (Å²) in [7, 11) is 0. The van der Waals surface area contributed by atoms with E-state index in [-0.39, 0.29) is 18.4 Å². The summed E-state index contributed by atoms with van der Waals surface area (Å²) in [5.74, 6) is -0.538. The third-order valence-corrected chi connectivity index (χ3v) is 2.09. The van der Waals surface area contributed by atoms with Gasteiger partial charge in [-0.15, -0.1) is 6.58 Å². The van der Waals surface area contributed by atoms with E-state index in [1.54, 1.807) is 12.2 Å². The smallest absolute Gasteiger partial charge is 0.244 e. The highest BCUT2D eigenvalue weighted by atomic mass is 16.2. The second-order valence-electron chi connectivity index (χ2n) is 3.55. The molecule has 0 aliphatic carbocycles. The van der Waals surface area contributed by atoms with E-state index in [0.717, 1.165) is 5.56 Å². The number of hydrogen-bond donors (Lipinski definition) is 2. The standard InChI is InChI=1S/C14H16N2O2/c1-2-10-15-14(18)11-16-13(17)9-8-12-6-4-3-5-7-12/h2-9H,1,10-11H2,(H,15,18)(H,16,17)/b9-8+. The summed E-state index contributed by atoms with van der Waals surface area (Å²) in [5.41, 5.74) is 0.934. The number of nitrogens with one attached hydrogen (secondary N) is 2. The van der Waals surface area contributed by atoms with Crippen molar-refractivity contribution in [1.29, 1.82) is 0 Å². The molecule has 1 rings (SSSR count). The quantitative estimate of drug-likeness (QED) is 0.582. The molecule has 0 aliphatic heterocycles. The van der Waals surface area contributed by atoms with Gasteiger partial charge in [0, 0.05) is 12.6 Å². The van der Waals surface area contributed by atoms with Crippen LogP contribution < -0.4 is 10.6 Å². The van der Waals surface area contributed by atoms with Crippen molar-refractivity contribution in [3.05, 3.63) is 54.6 Å². The van der Waals surface area contributed by atoms with Crippen LogP contribution in [-0.2, 0) is 9.59 Å². The minimum Gasteiger partial charge on any atom is -0.351 e. The van der Waals surface area contributed by atoms with Crippen LogP contribution in [0.5, 0.6) is 0 Å². The molecule has 0 atom stereocenters. The second-order valence-corrected chi connectivity index (χ2v) is 3.55. The lowest BCUT2D eigenvalue weighted by Crippen LogP contribution is -2.36. The minimum absolute atomic E-state index is 0.0359. The van der Waals surface area contributed by atoms with Crippen LogP contribution in [0.4, 0.5) is 0 Å². The lowest BCUT2D eigenvalue weighted by atomic mass is 10.2. The number of rotatable bonds is 6. The predicted octanol–water partition coefficient (Wildman–Crippen LogP) is 1.12. The number of hydrogen-bond acceptors (Lipinski definition) is 2. The molecule has 4 nitrogen and oxygen atoms in total. The van der Waals surface area contributed by atoms with E-state index in [4.69, 9.17) is 0 Å². The Kier molecular flexibility index (Phi) is 5.97. The molecular weight excluding hydrogens is 228 g/mol. The maximum Gasteiger partial charge on any atom is 0.244 e. The molecule has 0 saturated heterocycles. The molecule has 0 bridgehead atoms. The van der Waals surface area contributed by atoms with Gasteiger partial charge in [-0.2, -0.15) is 0 Å². The Morgan fingerprint density at radius 2 is 1.89 bits per heavy atom. The van der Waals surface area contributed by atoms with Crippen molar-refractivity contribution in [2.45, 2.75) is 0 Å². The van der Waals surface area contributed by atoms with Crippen LogP contribution in [0.1, 0.15) is 5.56 Å². The Morgan fingerprint density at radius 3 is 2.56 bits per heavy atom. The molecule has 0 heterocycles. The molecular formula is C14H16N2O2. The fourth-order valence-corrected chi connectivity index (χ4v) is 1.21. The summed E-state index contributed by atoms with van der Waals surface area (Å²) >= 11 is 0. The van der Waals surface area contributed by atoms with Crippen molar-refractivity contribution in [1.82, 2.24) is 10.6 Å². The van der Waals surface area contributed by atoms with Crippen LogP contribution in [0.25, 0.3) is 6.08 Å². The summed E-state index contributed by atoms with van der Waals surface area (Å²) in [5, 5.41) is 5.06. The molecule has 0 aliphatic rings. The number of carbonyl (C=O) groups is 2. The van der Waals surface area contributed by atoms with E-state index < -0.39 is 0 Å². The van der Waals surface area contributed by atoms with E-state index >= 15 is 0 Å². The molecule has 2 N–H and O–H groups in total. The average Bonchev–Trinajstić information content (AvgIpc) is 2.41. The molecule has 1 aromatic rings. The fraction of sp³-hybridized carbons (Fsp3) is 0.143. The van der Waals surface area contributed by atoms with Gasteiger partial charge in [0.05, 0.1) is 6.54 Å². The van der Waals surface area contributed by atoms with E-state index in [1.807, 2.05) is 30.3 Å². The zero-order valence-corrected chi connectivity index (χ0v) is 10.1. The first kappa shape index (κ1) is 13.7. The highest BCUT2D eigenvalue weighted by Crippen LogP contribution is 2.00. The zero-order valence-electron chi connectivity index (χ0n) is 10.1. The van der Waals surface area contributed by atoms with E-state index in [0.29, 0.717) is 6.54 Å². The van der Waals surface area contributed by atoms with Crippen LogP contribution in [0.2, 0.25) is 0 Å². The topological polar surface area (TPSA) is 58.2 Å². The molecule has 2 amide bonds. The molecule has 0 radical (unpaired) electrons. The zero-order chi connectivity index (χ0) is 13.2. The normalized spacial score (nSPS) is 10.0. The summed E-state index contributed by atoms with van der Waals surface area (Å²) in [6.07, 6.45) is 4.67. The minimum atomic E-state index is -0.299. The Bertz CT molecular complexity index is 438. The Morgan fingerprint density at radius 1 is 1.17 bits per heavy atom. The van der Waals surface area contributed by atoms with Crippen LogP contribution in [0.3, 0.4) is 0 Å². The Balaban J connectivity index is 2.31. The van der Waals surface area contributed by atoms with Crippen molar-refractivity contribution < 1.29 is 9.59 Å². The van der Waals surface area contributed by atoms with Crippen molar-refractivity contribution in [2.75, 3.05) is 13.1 Å². The highest BCUT2D eigenvalue weighted by molar-refractivity contribution is 5.94. The number of amides is 2. The predicted molar refractivity (Wildman–Crippen MR) is 71.7 cm³/mol. The number of benzene rings is 1. The first-order valence-corrected chi connectivity index (χ1v) is 5.61. The maximum atomic E-state index is 11.4. The monoisotopic (exact) mass is 244 g/mol. The van der Waals surface area contributed by atoms with Gasteiger partial charge in [-0.05, 0) is 11.6 Å². The summed E-state index contributed by atoms with van der Waals surface area (Å²) in [6.45, 7) is 3.84. The summed E-state index contributed by atoms with van der Waals surface area (Å²) in [4.78, 5) is 22.6. The van der Waals surface area contributed by atoms with E-state index in [9.17, 15) is 9.59 Å². The molecule has 4 heteroatoms. The molecule has 0 aromatic heterocycles. The van der Waals surface area contributed by atoms with Gasteiger partial charge in [-0.1, -0.05) is 36.4 Å². The van der Waals surface area contributed by atoms with Crippen molar-refractivity contribution in [3.8, 4) is 0 Å². The SMILES string of the molecule is C=CCNC(=O)CNC(=O)/C=C/c1ccccc1. The van der Waals surface area contributed by atoms with Gasteiger partial charge in [-0.3, -0.25) is 9.59 Å². The van der Waals surface area contributed by atoms with Crippen LogP contribution in [-0.4, -0.2) is 24.9 Å². The molecule has 0 spiro atoms. The van der Waals surface area contributed by atoms with Gasteiger partial charge in [0.2, 0.25) is 11.8 Å². The van der Waals surface area contributed by atoms with Gasteiger partial charge < -0.3 is 10.6 Å². The Hall–Kier alpha value is -2.36. The first-order chi connectivity index (χ1) is 8.72. The summed E-state index contributed by atoms with van der Waals surface area (Å²) < 4.78 is 0. The first-order valence-electron chi connectivity index (χ1n) is 5.61. The molecule has 0 unspecified atom stereocenters. The van der Waals surface area contributed by atoms with Crippen LogP contribution in [0.15, 0.2) is 49.1 Å². The highest BCUT2D eigenvalue weighted by Gasteiger charge is 2.00. The third-order valence-electron chi connectivity index (χ3n) is 2.09. The van der Waals surface area contributed by atoms with Crippen molar-refractivity contribution in [3.63, 3.8) is 0 Å². The number of carbonyl (C=O) groups excluding carboxylic acids is 2. The Labute approximate surface area is 106 Å².